The third-order valence-corrected chi connectivity index (χ3v) is 8.66. The van der Waals surface area contributed by atoms with Crippen LogP contribution in [0.15, 0.2) is 24.3 Å². The minimum absolute atomic E-state index is 0. The van der Waals surface area contributed by atoms with Crippen molar-refractivity contribution in [2.24, 2.45) is 34.5 Å². The molecule has 0 aliphatic heterocycles. The summed E-state index contributed by atoms with van der Waals surface area (Å²) in [4.78, 5) is 0. The highest BCUT2D eigenvalue weighted by atomic mass is 14.6. The van der Waals surface area contributed by atoms with Crippen LogP contribution in [0.25, 0.3) is 0 Å². The van der Waals surface area contributed by atoms with Crippen LogP contribution >= 0.6 is 0 Å². The van der Waals surface area contributed by atoms with Gasteiger partial charge in [0.05, 0.1) is 0 Å². The first-order valence-corrected chi connectivity index (χ1v) is 11.8. The smallest absolute Gasteiger partial charge is 0 e. The van der Waals surface area contributed by atoms with E-state index in [1.54, 1.807) is 5.57 Å². The van der Waals surface area contributed by atoms with Crippen LogP contribution < -0.4 is 0 Å². The molecule has 26 heavy (non-hydrogen) atoms. The molecule has 0 saturated heterocycles. The lowest BCUT2D eigenvalue weighted by atomic mass is 9.47. The predicted octanol–water partition coefficient (Wildman–Crippen LogP) is 8.83. The van der Waals surface area contributed by atoms with Crippen molar-refractivity contribution in [2.75, 3.05) is 0 Å². The fourth-order valence-corrected chi connectivity index (χ4v) is 7.54. The Labute approximate surface area is 166 Å². The first-order valence-electron chi connectivity index (χ1n) is 11.8. The molecular formula is C26H48. The molecule has 0 aromatic heterocycles. The average Bonchev–Trinajstić information content (AvgIpc) is 2.97. The van der Waals surface area contributed by atoms with Crippen molar-refractivity contribution in [2.45, 2.75) is 106 Å². The van der Waals surface area contributed by atoms with Crippen LogP contribution in [0, 0.1) is 34.5 Å². The Morgan fingerprint density at radius 2 is 1.77 bits per heavy atom. The van der Waals surface area contributed by atoms with E-state index in [1.165, 1.54) is 64.2 Å². The van der Waals surface area contributed by atoms with Crippen LogP contribution in [0.3, 0.4) is 0 Å². The van der Waals surface area contributed by atoms with E-state index in [0.717, 1.165) is 23.7 Å². The molecule has 0 bridgehead atoms. The van der Waals surface area contributed by atoms with E-state index in [2.05, 4.69) is 40.3 Å². The molecule has 0 aromatic carbocycles. The maximum absolute atomic E-state index is 4.00. The van der Waals surface area contributed by atoms with Gasteiger partial charge < -0.3 is 0 Å². The quantitative estimate of drug-likeness (QED) is 0.459. The van der Waals surface area contributed by atoms with Gasteiger partial charge in [-0.1, -0.05) is 85.1 Å². The number of allylic oxidation sites excluding steroid dienone is 3. The zero-order chi connectivity index (χ0) is 19.4. The molecule has 6 atom stereocenters. The highest BCUT2D eigenvalue weighted by Crippen LogP contribution is 2.66. The molecule has 3 aliphatic carbocycles. The van der Waals surface area contributed by atoms with Gasteiger partial charge in [0.15, 0.2) is 0 Å². The van der Waals surface area contributed by atoms with E-state index in [4.69, 9.17) is 0 Å². The molecule has 3 rings (SSSR count). The fourth-order valence-electron chi connectivity index (χ4n) is 7.54. The Bertz CT molecular complexity index is 492. The monoisotopic (exact) mass is 360 g/mol. The highest BCUT2D eigenvalue weighted by Gasteiger charge is 2.57. The zero-order valence-corrected chi connectivity index (χ0v) is 18.7. The molecule has 0 heterocycles. The van der Waals surface area contributed by atoms with Crippen LogP contribution in [0.2, 0.25) is 0 Å². The van der Waals surface area contributed by atoms with Crippen molar-refractivity contribution >= 4 is 0 Å². The molecule has 0 spiro atoms. The molecule has 0 nitrogen and oxygen atoms in total. The maximum atomic E-state index is 4.00. The molecule has 3 aliphatic rings. The lowest BCUT2D eigenvalue weighted by Crippen LogP contribution is -2.49. The van der Waals surface area contributed by atoms with Crippen LogP contribution in [0.1, 0.15) is 107 Å². The summed E-state index contributed by atoms with van der Waals surface area (Å²) >= 11 is 0. The maximum Gasteiger partial charge on any atom is 0 e. The topological polar surface area (TPSA) is 0 Å². The second kappa shape index (κ2) is 9.11. The predicted molar refractivity (Wildman–Crippen MR) is 119 cm³/mol. The summed E-state index contributed by atoms with van der Waals surface area (Å²) in [5.41, 5.74) is 2.81. The average molecular weight is 361 g/mol. The summed E-state index contributed by atoms with van der Waals surface area (Å²) in [7, 11) is 0. The van der Waals surface area contributed by atoms with E-state index in [1.807, 2.05) is 19.9 Å². The zero-order valence-electron chi connectivity index (χ0n) is 18.7. The van der Waals surface area contributed by atoms with Crippen molar-refractivity contribution in [1.82, 2.24) is 0 Å². The Hall–Kier alpha value is -0.520. The number of hydrogen-bond donors (Lipinski definition) is 0. The third-order valence-electron chi connectivity index (χ3n) is 8.66. The Morgan fingerprint density at radius 1 is 1.04 bits per heavy atom. The SMILES string of the molecule is C=C/C=C1/CCC2C(CCC3(C)C(CCC)CCC23)C1(C)CCC.CC.[HH]. The van der Waals surface area contributed by atoms with Crippen LogP contribution in [-0.4, -0.2) is 0 Å². The summed E-state index contributed by atoms with van der Waals surface area (Å²) in [5, 5.41) is 0. The van der Waals surface area contributed by atoms with E-state index >= 15 is 0 Å². The van der Waals surface area contributed by atoms with Gasteiger partial charge in [0.1, 0.15) is 0 Å². The van der Waals surface area contributed by atoms with Crippen LogP contribution in [0.5, 0.6) is 0 Å². The van der Waals surface area contributed by atoms with Crippen molar-refractivity contribution < 1.29 is 1.43 Å². The molecule has 0 amide bonds. The van der Waals surface area contributed by atoms with E-state index in [9.17, 15) is 0 Å². The summed E-state index contributed by atoms with van der Waals surface area (Å²) in [6, 6.07) is 0. The number of fused-ring (bicyclic) bond motifs is 3. The molecule has 0 radical (unpaired) electrons. The molecule has 3 saturated carbocycles. The first-order chi connectivity index (χ1) is 12.5. The third kappa shape index (κ3) is 3.59. The van der Waals surface area contributed by atoms with Gasteiger partial charge in [-0.2, -0.15) is 0 Å². The molecule has 152 valence electrons. The Balaban J connectivity index is 0.00000118. The number of hydrogen-bond acceptors (Lipinski definition) is 0. The summed E-state index contributed by atoms with van der Waals surface area (Å²) in [5.74, 6) is 3.94. The summed E-state index contributed by atoms with van der Waals surface area (Å²) in [6.07, 6.45) is 18.7. The number of rotatable bonds is 5. The minimum Gasteiger partial charge on any atom is -0.0991 e. The van der Waals surface area contributed by atoms with Crippen molar-refractivity contribution in [3.8, 4) is 0 Å². The highest BCUT2D eigenvalue weighted by molar-refractivity contribution is 5.25. The first kappa shape index (κ1) is 21.8. The molecule has 6 unspecified atom stereocenters. The van der Waals surface area contributed by atoms with Gasteiger partial charge in [-0.05, 0) is 79.4 Å². The van der Waals surface area contributed by atoms with Crippen molar-refractivity contribution in [3.63, 3.8) is 0 Å². The molecule has 0 heteroatoms. The lowest BCUT2D eigenvalue weighted by Gasteiger charge is -2.57. The van der Waals surface area contributed by atoms with Crippen LogP contribution in [0.4, 0.5) is 0 Å². The van der Waals surface area contributed by atoms with Gasteiger partial charge in [-0.25, -0.2) is 0 Å². The summed E-state index contributed by atoms with van der Waals surface area (Å²) in [6.45, 7) is 18.0. The normalized spacial score (nSPS) is 43.2. The Morgan fingerprint density at radius 3 is 2.38 bits per heavy atom. The van der Waals surface area contributed by atoms with Gasteiger partial charge in [0.2, 0.25) is 0 Å². The van der Waals surface area contributed by atoms with Crippen LogP contribution in [-0.2, 0) is 0 Å². The fraction of sp³-hybridized carbons (Fsp3) is 0.846. The van der Waals surface area contributed by atoms with Gasteiger partial charge in [-0.3, -0.25) is 0 Å². The van der Waals surface area contributed by atoms with E-state index in [0.29, 0.717) is 10.8 Å². The second-order valence-electron chi connectivity index (χ2n) is 9.62. The minimum atomic E-state index is 0. The molecule has 0 aromatic rings. The Kier molecular flexibility index (Phi) is 7.63. The van der Waals surface area contributed by atoms with Gasteiger partial charge in [0.25, 0.3) is 0 Å². The van der Waals surface area contributed by atoms with E-state index < -0.39 is 0 Å². The largest absolute Gasteiger partial charge is 0.0991 e. The molecular weight excluding hydrogens is 312 g/mol. The molecule has 0 N–H and O–H groups in total. The van der Waals surface area contributed by atoms with Crippen molar-refractivity contribution in [3.05, 3.63) is 24.3 Å². The molecule has 3 fully saturated rings. The van der Waals surface area contributed by atoms with E-state index in [-0.39, 0.29) is 1.43 Å². The van der Waals surface area contributed by atoms with Crippen molar-refractivity contribution in [1.29, 1.82) is 0 Å². The standard InChI is InChI=1S/C24H40.C2H6.H2/c1-6-9-18-11-13-20-21-14-12-19(10-7-2)24(21,5)17-15-22(20)23(18,4)16-8-3;1-2;/h6,9,19-22H,1,7-8,10-17H2,2-5H3;1-2H3;1H/b18-9-;;. The van der Waals surface area contributed by atoms with Gasteiger partial charge in [0, 0.05) is 1.43 Å². The van der Waals surface area contributed by atoms with Gasteiger partial charge in [-0.15, -0.1) is 0 Å². The second-order valence-corrected chi connectivity index (χ2v) is 9.62. The van der Waals surface area contributed by atoms with Gasteiger partial charge >= 0.3 is 0 Å². The lowest BCUT2D eigenvalue weighted by molar-refractivity contribution is -0.0501. The summed E-state index contributed by atoms with van der Waals surface area (Å²) < 4.78 is 0.